The standard InChI is InChI=1S/C46H41N5O4S/c47-27-36-25-31-11-7-8-12-32(31)28-49(36)45(54)40-26-33(48-44(53)30-56-38-15-5-2-6-16-38)19-24-43(40)50-29-41(39-17-9-10-18-42(39)50)46(55)51(34-13-3-1-4-14-34)35-20-22-37(52)23-21-35/h1-8,10-16,18-24,26,29,36,52H,9,17,25,27-28,30,47H2,(H,48,53)/t36-/m0/s1. The number of hydrogen-bond acceptors (Lipinski definition) is 6. The summed E-state index contributed by atoms with van der Waals surface area (Å²) in [5, 5.41) is 13.1. The summed E-state index contributed by atoms with van der Waals surface area (Å²) in [5.41, 5.74) is 13.5. The molecule has 0 unspecified atom stereocenters. The maximum Gasteiger partial charge on any atom is 0.264 e. The van der Waals surface area contributed by atoms with E-state index in [2.05, 4.69) is 17.5 Å². The van der Waals surface area contributed by atoms with Crippen molar-refractivity contribution in [3.05, 3.63) is 173 Å². The van der Waals surface area contributed by atoms with Crippen LogP contribution < -0.4 is 16.0 Å². The molecule has 2 heterocycles. The third kappa shape index (κ3) is 7.49. The van der Waals surface area contributed by atoms with Crippen LogP contribution in [-0.2, 0) is 24.2 Å². The van der Waals surface area contributed by atoms with Gasteiger partial charge in [-0.05, 0) is 109 Å². The van der Waals surface area contributed by atoms with Gasteiger partial charge >= 0.3 is 0 Å². The molecule has 0 spiro atoms. The fourth-order valence-corrected chi connectivity index (χ4v) is 8.26. The number of rotatable bonds is 10. The highest BCUT2D eigenvalue weighted by Gasteiger charge is 2.33. The van der Waals surface area contributed by atoms with E-state index in [1.165, 1.54) is 17.3 Å². The topological polar surface area (TPSA) is 121 Å². The van der Waals surface area contributed by atoms with Crippen LogP contribution >= 0.6 is 11.8 Å². The molecule has 8 rings (SSSR count). The predicted octanol–water partition coefficient (Wildman–Crippen LogP) is 8.38. The normalized spacial score (nSPS) is 14.4. The van der Waals surface area contributed by atoms with E-state index in [4.69, 9.17) is 5.73 Å². The van der Waals surface area contributed by atoms with E-state index < -0.39 is 0 Å². The van der Waals surface area contributed by atoms with Gasteiger partial charge in [0, 0.05) is 53.0 Å². The molecule has 280 valence electrons. The molecule has 56 heavy (non-hydrogen) atoms. The number of aromatic nitrogens is 1. The Labute approximate surface area is 330 Å². The number of anilines is 3. The van der Waals surface area contributed by atoms with E-state index in [1.807, 2.05) is 107 Å². The molecule has 0 fully saturated rings. The molecule has 0 radical (unpaired) electrons. The van der Waals surface area contributed by atoms with E-state index in [0.717, 1.165) is 28.1 Å². The first-order chi connectivity index (χ1) is 27.4. The number of carbonyl (C=O) groups excluding carboxylic acids is 3. The number of hydrogen-bond donors (Lipinski definition) is 3. The average Bonchev–Trinajstić information content (AvgIpc) is 3.63. The minimum atomic E-state index is -0.240. The number of carbonyl (C=O) groups is 3. The van der Waals surface area contributed by atoms with Gasteiger partial charge in [-0.3, -0.25) is 19.3 Å². The SMILES string of the molecule is NC[C@@H]1Cc2ccccc2CN1C(=O)c1cc(NC(=O)CSc2ccccc2)ccc1-n1cc(C(=O)N(c2ccccc2)c2ccc(O)cc2)c2c1C=CCC2. The second-order valence-corrected chi connectivity index (χ2v) is 14.9. The summed E-state index contributed by atoms with van der Waals surface area (Å²) in [5.74, 6) is -0.349. The largest absolute Gasteiger partial charge is 0.508 e. The fraction of sp³-hybridized carbons (Fsp3) is 0.152. The molecular formula is C46H41N5O4S. The van der Waals surface area contributed by atoms with E-state index >= 15 is 0 Å². The summed E-state index contributed by atoms with van der Waals surface area (Å²) in [7, 11) is 0. The third-order valence-electron chi connectivity index (χ3n) is 10.3. The molecule has 4 N–H and O–H groups in total. The lowest BCUT2D eigenvalue weighted by Gasteiger charge is -2.37. The molecule has 2 aliphatic rings. The molecule has 5 aromatic carbocycles. The van der Waals surface area contributed by atoms with E-state index in [-0.39, 0.29) is 41.8 Å². The smallest absolute Gasteiger partial charge is 0.264 e. The highest BCUT2D eigenvalue weighted by Crippen LogP contribution is 2.36. The van der Waals surface area contributed by atoms with Crippen LogP contribution in [0.5, 0.6) is 5.75 Å². The van der Waals surface area contributed by atoms with Gasteiger partial charge in [0.2, 0.25) is 5.91 Å². The number of thioether (sulfide) groups is 1. The number of para-hydroxylation sites is 1. The van der Waals surface area contributed by atoms with Crippen LogP contribution in [-0.4, -0.2) is 50.6 Å². The quantitative estimate of drug-likeness (QED) is 0.121. The van der Waals surface area contributed by atoms with Crippen LogP contribution in [0.25, 0.3) is 11.8 Å². The monoisotopic (exact) mass is 759 g/mol. The van der Waals surface area contributed by atoms with Crippen molar-refractivity contribution in [1.29, 1.82) is 0 Å². The van der Waals surface area contributed by atoms with Crippen molar-refractivity contribution in [1.82, 2.24) is 9.47 Å². The highest BCUT2D eigenvalue weighted by molar-refractivity contribution is 8.00. The first-order valence-electron chi connectivity index (χ1n) is 18.7. The summed E-state index contributed by atoms with van der Waals surface area (Å²) in [6, 6.07) is 39.0. The van der Waals surface area contributed by atoms with Gasteiger partial charge in [0.15, 0.2) is 0 Å². The van der Waals surface area contributed by atoms with Crippen LogP contribution in [0.15, 0.2) is 145 Å². The summed E-state index contributed by atoms with van der Waals surface area (Å²) >= 11 is 1.44. The fourth-order valence-electron chi connectivity index (χ4n) is 7.54. The van der Waals surface area contributed by atoms with Gasteiger partial charge in [-0.15, -0.1) is 11.8 Å². The summed E-state index contributed by atoms with van der Waals surface area (Å²) in [6.07, 6.45) is 7.93. The molecule has 1 aliphatic carbocycles. The average molecular weight is 760 g/mol. The Morgan fingerprint density at radius 2 is 1.52 bits per heavy atom. The number of amides is 3. The number of benzene rings is 5. The van der Waals surface area contributed by atoms with Gasteiger partial charge in [0.05, 0.1) is 22.6 Å². The molecule has 9 nitrogen and oxygen atoms in total. The predicted molar refractivity (Wildman–Crippen MR) is 223 cm³/mol. The van der Waals surface area contributed by atoms with Crippen molar-refractivity contribution in [3.63, 3.8) is 0 Å². The number of aromatic hydroxyl groups is 1. The number of nitrogens with two attached hydrogens (primary N) is 1. The molecule has 0 saturated heterocycles. The van der Waals surface area contributed by atoms with Crippen LogP contribution in [0.2, 0.25) is 0 Å². The molecule has 1 atom stereocenters. The summed E-state index contributed by atoms with van der Waals surface area (Å²) in [6.45, 7) is 0.683. The van der Waals surface area contributed by atoms with Crippen molar-refractivity contribution in [3.8, 4) is 11.4 Å². The zero-order chi connectivity index (χ0) is 38.6. The number of nitrogens with one attached hydrogen (secondary N) is 1. The van der Waals surface area contributed by atoms with Gasteiger partial charge in [0.25, 0.3) is 11.8 Å². The van der Waals surface area contributed by atoms with Crippen LogP contribution in [0.1, 0.15) is 49.5 Å². The van der Waals surface area contributed by atoms with E-state index in [9.17, 15) is 19.5 Å². The lowest BCUT2D eigenvalue weighted by atomic mass is 9.93. The zero-order valence-electron chi connectivity index (χ0n) is 30.7. The zero-order valence-corrected chi connectivity index (χ0v) is 31.5. The van der Waals surface area contributed by atoms with Crippen LogP contribution in [0, 0.1) is 0 Å². The molecule has 0 bridgehead atoms. The number of fused-ring (bicyclic) bond motifs is 2. The van der Waals surface area contributed by atoms with Gasteiger partial charge < -0.3 is 25.6 Å². The molecular weight excluding hydrogens is 719 g/mol. The summed E-state index contributed by atoms with van der Waals surface area (Å²) < 4.78 is 1.93. The maximum atomic E-state index is 15.0. The molecule has 3 amide bonds. The number of phenols is 1. The second-order valence-electron chi connectivity index (χ2n) is 13.9. The van der Waals surface area contributed by atoms with Gasteiger partial charge in [0.1, 0.15) is 5.75 Å². The molecule has 1 aromatic heterocycles. The van der Waals surface area contributed by atoms with E-state index in [1.54, 1.807) is 41.3 Å². The van der Waals surface area contributed by atoms with E-state index in [0.29, 0.717) is 53.3 Å². The molecule has 0 saturated carbocycles. The molecule has 10 heteroatoms. The van der Waals surface area contributed by atoms with Crippen molar-refractivity contribution in [2.45, 2.75) is 36.7 Å². The van der Waals surface area contributed by atoms with Crippen LogP contribution in [0.4, 0.5) is 17.1 Å². The Bertz CT molecular complexity index is 2430. The Morgan fingerprint density at radius 1 is 0.821 bits per heavy atom. The first kappa shape index (κ1) is 36.6. The van der Waals surface area contributed by atoms with Crippen molar-refractivity contribution in [2.75, 3.05) is 22.5 Å². The van der Waals surface area contributed by atoms with Crippen molar-refractivity contribution < 1.29 is 19.5 Å². The van der Waals surface area contributed by atoms with Gasteiger partial charge in [-0.25, -0.2) is 0 Å². The molecule has 6 aromatic rings. The van der Waals surface area contributed by atoms with Gasteiger partial charge in [-0.1, -0.05) is 66.7 Å². The Hall–Kier alpha value is -6.36. The number of phenolic OH excluding ortho intramolecular Hbond substituents is 1. The Morgan fingerprint density at radius 3 is 2.27 bits per heavy atom. The Balaban J connectivity index is 1.21. The van der Waals surface area contributed by atoms with Crippen LogP contribution in [0.3, 0.4) is 0 Å². The van der Waals surface area contributed by atoms with Crippen molar-refractivity contribution in [2.24, 2.45) is 5.73 Å². The maximum absolute atomic E-state index is 15.0. The highest BCUT2D eigenvalue weighted by atomic mass is 32.2. The first-order valence-corrected chi connectivity index (χ1v) is 19.7. The lowest BCUT2D eigenvalue weighted by Crippen LogP contribution is -2.48. The minimum Gasteiger partial charge on any atom is -0.508 e. The summed E-state index contributed by atoms with van der Waals surface area (Å²) in [4.78, 5) is 47.5. The Kier molecular flexibility index (Phi) is 10.6. The van der Waals surface area contributed by atoms with Gasteiger partial charge in [-0.2, -0.15) is 0 Å². The number of allylic oxidation sites excluding steroid dienone is 1. The third-order valence-corrected chi connectivity index (χ3v) is 11.3. The van der Waals surface area contributed by atoms with Crippen molar-refractivity contribution >= 4 is 52.6 Å². The minimum absolute atomic E-state index is 0.101. The number of nitrogens with zero attached hydrogens (tertiary/aromatic N) is 3. The second kappa shape index (κ2) is 16.2. The lowest BCUT2D eigenvalue weighted by molar-refractivity contribution is -0.113. The molecule has 1 aliphatic heterocycles.